The minimum atomic E-state index is -0.808. The molecule has 0 spiro atoms. The van der Waals surface area contributed by atoms with E-state index in [9.17, 15) is 9.90 Å². The van der Waals surface area contributed by atoms with Gasteiger partial charge < -0.3 is 10.4 Å². The molecule has 1 aliphatic carbocycles. The maximum absolute atomic E-state index is 11.6. The molecule has 2 N–H and O–H groups in total. The van der Waals surface area contributed by atoms with Crippen molar-refractivity contribution < 1.29 is 9.90 Å². The Bertz CT molecular complexity index is 638. The van der Waals surface area contributed by atoms with Crippen LogP contribution in [0.5, 0.6) is 0 Å². The molecule has 1 atom stereocenters. The first-order valence-electron chi connectivity index (χ1n) is 7.45. The van der Waals surface area contributed by atoms with Gasteiger partial charge in [0.05, 0.1) is 17.2 Å². The highest BCUT2D eigenvalue weighted by Gasteiger charge is 2.29. The smallest absolute Gasteiger partial charge is 0.326 e. The molecule has 0 radical (unpaired) electrons. The number of hydrogen-bond donors (Lipinski definition) is 2. The van der Waals surface area contributed by atoms with Crippen LogP contribution in [0, 0.1) is 5.92 Å². The zero-order chi connectivity index (χ0) is 14.7. The number of nitrogens with zero attached hydrogens (tertiary/aromatic N) is 2. The Hall–Kier alpha value is -2.17. The third kappa shape index (κ3) is 3.12. The Morgan fingerprint density at radius 3 is 2.62 bits per heavy atom. The summed E-state index contributed by atoms with van der Waals surface area (Å²) >= 11 is 0. The largest absolute Gasteiger partial charge is 0.480 e. The molecule has 1 aromatic carbocycles. The number of rotatable bonds is 4. The van der Waals surface area contributed by atoms with E-state index in [4.69, 9.17) is 0 Å². The Morgan fingerprint density at radius 2 is 1.90 bits per heavy atom. The van der Waals surface area contributed by atoms with Crippen LogP contribution in [0.1, 0.15) is 32.1 Å². The van der Waals surface area contributed by atoms with Crippen LogP contribution >= 0.6 is 0 Å². The zero-order valence-corrected chi connectivity index (χ0v) is 11.8. The maximum atomic E-state index is 11.6. The highest BCUT2D eigenvalue weighted by molar-refractivity contribution is 5.79. The van der Waals surface area contributed by atoms with E-state index in [-0.39, 0.29) is 5.92 Å². The van der Waals surface area contributed by atoms with Crippen LogP contribution in [0.15, 0.2) is 30.5 Å². The van der Waals surface area contributed by atoms with Crippen LogP contribution in [-0.2, 0) is 4.79 Å². The van der Waals surface area contributed by atoms with Crippen LogP contribution in [0.3, 0.4) is 0 Å². The number of carbonyl (C=O) groups is 1. The van der Waals surface area contributed by atoms with Crippen molar-refractivity contribution in [2.24, 2.45) is 5.92 Å². The summed E-state index contributed by atoms with van der Waals surface area (Å²) in [6.45, 7) is 0. The summed E-state index contributed by atoms with van der Waals surface area (Å²) in [5.41, 5.74) is 1.59. The van der Waals surface area contributed by atoms with Crippen molar-refractivity contribution in [2.45, 2.75) is 38.1 Å². The van der Waals surface area contributed by atoms with Crippen molar-refractivity contribution >= 4 is 22.8 Å². The van der Waals surface area contributed by atoms with Gasteiger partial charge in [-0.1, -0.05) is 31.4 Å². The van der Waals surface area contributed by atoms with E-state index in [1.807, 2.05) is 24.3 Å². The highest BCUT2D eigenvalue weighted by Crippen LogP contribution is 2.28. The number of fused-ring (bicyclic) bond motifs is 1. The molecule has 110 valence electrons. The van der Waals surface area contributed by atoms with Crippen molar-refractivity contribution in [1.29, 1.82) is 0 Å². The lowest BCUT2D eigenvalue weighted by atomic mass is 9.84. The van der Waals surface area contributed by atoms with E-state index in [2.05, 4.69) is 15.3 Å². The Kier molecular flexibility index (Phi) is 3.99. The minimum Gasteiger partial charge on any atom is -0.480 e. The van der Waals surface area contributed by atoms with Gasteiger partial charge in [0.25, 0.3) is 0 Å². The molecule has 5 heteroatoms. The van der Waals surface area contributed by atoms with Gasteiger partial charge in [0.1, 0.15) is 11.9 Å². The van der Waals surface area contributed by atoms with Crippen LogP contribution in [0.25, 0.3) is 11.0 Å². The van der Waals surface area contributed by atoms with Crippen molar-refractivity contribution in [3.8, 4) is 0 Å². The fourth-order valence-electron chi connectivity index (χ4n) is 3.03. The van der Waals surface area contributed by atoms with Crippen molar-refractivity contribution in [3.05, 3.63) is 30.5 Å². The lowest BCUT2D eigenvalue weighted by Gasteiger charge is -2.28. The highest BCUT2D eigenvalue weighted by atomic mass is 16.4. The molecule has 3 rings (SSSR count). The molecule has 5 nitrogen and oxygen atoms in total. The normalized spacial score (nSPS) is 17.5. The lowest BCUT2D eigenvalue weighted by Crippen LogP contribution is -2.38. The molecule has 1 heterocycles. The summed E-state index contributed by atoms with van der Waals surface area (Å²) in [7, 11) is 0. The van der Waals surface area contributed by atoms with Crippen LogP contribution in [0.2, 0.25) is 0 Å². The second kappa shape index (κ2) is 6.08. The monoisotopic (exact) mass is 285 g/mol. The molecule has 1 aliphatic rings. The fraction of sp³-hybridized carbons (Fsp3) is 0.438. The molecule has 0 bridgehead atoms. The van der Waals surface area contributed by atoms with Crippen LogP contribution < -0.4 is 5.32 Å². The maximum Gasteiger partial charge on any atom is 0.326 e. The van der Waals surface area contributed by atoms with E-state index in [0.29, 0.717) is 5.82 Å². The van der Waals surface area contributed by atoms with E-state index in [1.54, 1.807) is 6.20 Å². The predicted octanol–water partition coefficient (Wildman–Crippen LogP) is 3.08. The summed E-state index contributed by atoms with van der Waals surface area (Å²) in [6.07, 6.45) is 6.97. The first-order valence-corrected chi connectivity index (χ1v) is 7.45. The van der Waals surface area contributed by atoms with Crippen molar-refractivity contribution in [3.63, 3.8) is 0 Å². The molecule has 1 aromatic heterocycles. The van der Waals surface area contributed by atoms with Gasteiger partial charge in [-0.15, -0.1) is 0 Å². The first-order chi connectivity index (χ1) is 10.2. The molecule has 0 saturated heterocycles. The minimum absolute atomic E-state index is 0.171. The van der Waals surface area contributed by atoms with E-state index in [1.165, 1.54) is 6.42 Å². The number of carboxylic acid groups (broad SMARTS) is 1. The second-order valence-electron chi connectivity index (χ2n) is 5.60. The Balaban J connectivity index is 1.81. The molecule has 1 fully saturated rings. The van der Waals surface area contributed by atoms with E-state index >= 15 is 0 Å². The van der Waals surface area contributed by atoms with Crippen LogP contribution in [0.4, 0.5) is 5.82 Å². The molecule has 2 aromatic rings. The first kappa shape index (κ1) is 13.8. The third-order valence-electron chi connectivity index (χ3n) is 4.14. The van der Waals surface area contributed by atoms with Crippen molar-refractivity contribution in [2.75, 3.05) is 5.32 Å². The number of aromatic nitrogens is 2. The number of carboxylic acids is 1. The number of anilines is 1. The zero-order valence-electron chi connectivity index (χ0n) is 11.8. The Labute approximate surface area is 123 Å². The average molecular weight is 285 g/mol. The summed E-state index contributed by atoms with van der Waals surface area (Å²) in [4.78, 5) is 20.3. The standard InChI is InChI=1S/C16H19N3O2/c20-16(21)15(11-6-2-1-3-7-11)19-14-10-17-12-8-4-5-9-13(12)18-14/h4-5,8-11,15H,1-3,6-7H2,(H,18,19)(H,20,21). The van der Waals surface area contributed by atoms with Gasteiger partial charge in [0.2, 0.25) is 0 Å². The molecule has 1 saturated carbocycles. The SMILES string of the molecule is O=C(O)C(Nc1cnc2ccccc2n1)C1CCCCC1. The number of benzene rings is 1. The summed E-state index contributed by atoms with van der Waals surface area (Å²) in [6, 6.07) is 7.00. The van der Waals surface area contributed by atoms with Gasteiger partial charge in [0, 0.05) is 0 Å². The predicted molar refractivity (Wildman–Crippen MR) is 81.2 cm³/mol. The number of para-hydroxylation sites is 2. The topological polar surface area (TPSA) is 75.1 Å². The number of nitrogens with one attached hydrogen (secondary N) is 1. The third-order valence-corrected chi connectivity index (χ3v) is 4.14. The molecule has 1 unspecified atom stereocenters. The molecular formula is C16H19N3O2. The average Bonchev–Trinajstić information content (AvgIpc) is 2.53. The lowest BCUT2D eigenvalue weighted by molar-refractivity contribution is -0.139. The second-order valence-corrected chi connectivity index (χ2v) is 5.60. The van der Waals surface area contributed by atoms with Crippen molar-refractivity contribution in [1.82, 2.24) is 9.97 Å². The van der Waals surface area contributed by atoms with Crippen LogP contribution in [-0.4, -0.2) is 27.1 Å². The molecule has 0 amide bonds. The molecule has 0 aliphatic heterocycles. The Morgan fingerprint density at radius 1 is 1.19 bits per heavy atom. The van der Waals surface area contributed by atoms with Gasteiger partial charge in [-0.25, -0.2) is 9.78 Å². The number of hydrogen-bond acceptors (Lipinski definition) is 4. The molecular weight excluding hydrogens is 266 g/mol. The summed E-state index contributed by atoms with van der Waals surface area (Å²) < 4.78 is 0. The quantitative estimate of drug-likeness (QED) is 0.903. The van der Waals surface area contributed by atoms with E-state index < -0.39 is 12.0 Å². The van der Waals surface area contributed by atoms with Gasteiger partial charge in [-0.05, 0) is 30.9 Å². The van der Waals surface area contributed by atoms with Gasteiger partial charge in [-0.2, -0.15) is 0 Å². The fourth-order valence-corrected chi connectivity index (χ4v) is 3.03. The molecule has 21 heavy (non-hydrogen) atoms. The summed E-state index contributed by atoms with van der Waals surface area (Å²) in [5, 5.41) is 12.6. The van der Waals surface area contributed by atoms with Gasteiger partial charge >= 0.3 is 5.97 Å². The summed E-state index contributed by atoms with van der Waals surface area (Å²) in [5.74, 6) is -0.104. The van der Waals surface area contributed by atoms with Gasteiger partial charge in [-0.3, -0.25) is 4.98 Å². The van der Waals surface area contributed by atoms with Gasteiger partial charge in [0.15, 0.2) is 0 Å². The number of aliphatic carboxylic acids is 1. The van der Waals surface area contributed by atoms with E-state index in [0.717, 1.165) is 36.7 Å².